The van der Waals surface area contributed by atoms with Crippen LogP contribution in [0.3, 0.4) is 0 Å². The van der Waals surface area contributed by atoms with Gasteiger partial charge in [0.15, 0.2) is 0 Å². The second kappa shape index (κ2) is 7.13. The molecule has 2 rings (SSSR count). The zero-order chi connectivity index (χ0) is 17.9. The molecule has 0 aliphatic heterocycles. The van der Waals surface area contributed by atoms with E-state index in [1.807, 2.05) is 6.92 Å². The third kappa shape index (κ3) is 4.00. The summed E-state index contributed by atoms with van der Waals surface area (Å²) in [7, 11) is 1.42. The van der Waals surface area contributed by atoms with Gasteiger partial charge in [-0.1, -0.05) is 24.6 Å². The molecule has 0 aliphatic rings. The molecule has 0 aromatic heterocycles. The molecule has 1 amide bonds. The fraction of sp³-hybridized carbons (Fsp3) is 0.235. The maximum absolute atomic E-state index is 12.8. The number of ether oxygens (including phenoxy) is 1. The highest BCUT2D eigenvalue weighted by atomic mass is 35.5. The number of amides is 1. The minimum absolute atomic E-state index is 0.123. The highest BCUT2D eigenvalue weighted by Crippen LogP contribution is 2.35. The number of carbonyl (C=O) groups is 1. The van der Waals surface area contributed by atoms with Gasteiger partial charge in [0, 0.05) is 5.56 Å². The van der Waals surface area contributed by atoms with Gasteiger partial charge >= 0.3 is 6.18 Å². The largest absolute Gasteiger partial charge is 0.495 e. The van der Waals surface area contributed by atoms with E-state index in [9.17, 15) is 18.0 Å². The van der Waals surface area contributed by atoms with Crippen molar-refractivity contribution < 1.29 is 22.7 Å². The molecule has 0 saturated carbocycles. The average Bonchev–Trinajstić information content (AvgIpc) is 2.55. The number of methoxy groups -OCH3 is 1. The molecular formula is C17H15ClF3NO2. The van der Waals surface area contributed by atoms with Gasteiger partial charge in [0.2, 0.25) is 0 Å². The fourth-order valence-corrected chi connectivity index (χ4v) is 2.42. The Morgan fingerprint density at radius 2 is 1.96 bits per heavy atom. The maximum atomic E-state index is 12.8. The van der Waals surface area contributed by atoms with Gasteiger partial charge in [-0.2, -0.15) is 13.2 Å². The lowest BCUT2D eigenvalue weighted by atomic mass is 10.1. The van der Waals surface area contributed by atoms with Gasteiger partial charge in [-0.3, -0.25) is 4.79 Å². The summed E-state index contributed by atoms with van der Waals surface area (Å²) in [6.45, 7) is 1.94. The van der Waals surface area contributed by atoms with Crippen LogP contribution in [0.2, 0.25) is 5.02 Å². The molecule has 0 heterocycles. The first-order valence-electron chi connectivity index (χ1n) is 7.11. The Balaban J connectivity index is 2.34. The lowest BCUT2D eigenvalue weighted by Crippen LogP contribution is -2.15. The molecule has 0 bridgehead atoms. The topological polar surface area (TPSA) is 38.3 Å². The molecule has 0 spiro atoms. The van der Waals surface area contributed by atoms with Crippen LogP contribution in [0.4, 0.5) is 18.9 Å². The highest BCUT2D eigenvalue weighted by molar-refractivity contribution is 6.34. The van der Waals surface area contributed by atoms with Crippen molar-refractivity contribution in [3.05, 3.63) is 58.1 Å². The predicted octanol–water partition coefficient (Wildman–Crippen LogP) is 5.18. The van der Waals surface area contributed by atoms with Crippen LogP contribution >= 0.6 is 11.6 Å². The lowest BCUT2D eigenvalue weighted by Gasteiger charge is -2.14. The first kappa shape index (κ1) is 18.1. The van der Waals surface area contributed by atoms with Gasteiger partial charge in [0.1, 0.15) is 11.4 Å². The van der Waals surface area contributed by atoms with Crippen molar-refractivity contribution in [3.8, 4) is 5.75 Å². The fourth-order valence-electron chi connectivity index (χ4n) is 2.14. The summed E-state index contributed by atoms with van der Waals surface area (Å²) in [5.74, 6) is -0.356. The Labute approximate surface area is 142 Å². The van der Waals surface area contributed by atoms with Crippen LogP contribution in [0.15, 0.2) is 36.4 Å². The van der Waals surface area contributed by atoms with Gasteiger partial charge in [-0.05, 0) is 42.3 Å². The standard InChI is InChI=1S/C17H15ClF3NO2/c1-3-10-7-13(18)15(14(8-10)24-2)22-16(23)11-5-4-6-12(9-11)17(19,20)21/h4-9H,3H2,1-2H3,(H,22,23). The molecular weight excluding hydrogens is 343 g/mol. The minimum Gasteiger partial charge on any atom is -0.495 e. The number of carbonyl (C=O) groups excluding carboxylic acids is 1. The maximum Gasteiger partial charge on any atom is 0.416 e. The van der Waals surface area contributed by atoms with Crippen LogP contribution in [0.25, 0.3) is 0 Å². The third-order valence-corrected chi connectivity index (χ3v) is 3.73. The van der Waals surface area contributed by atoms with Crippen LogP contribution in [0.5, 0.6) is 5.75 Å². The molecule has 0 radical (unpaired) electrons. The molecule has 0 fully saturated rings. The van der Waals surface area contributed by atoms with E-state index in [2.05, 4.69) is 5.32 Å². The Bertz CT molecular complexity index is 760. The minimum atomic E-state index is -4.52. The van der Waals surface area contributed by atoms with Crippen LogP contribution in [0.1, 0.15) is 28.4 Å². The number of rotatable bonds is 4. The van der Waals surface area contributed by atoms with Crippen LogP contribution in [0, 0.1) is 0 Å². The second-order valence-corrected chi connectivity index (χ2v) is 5.45. The van der Waals surface area contributed by atoms with Crippen LogP contribution < -0.4 is 10.1 Å². The van der Waals surface area contributed by atoms with Crippen molar-refractivity contribution in [3.63, 3.8) is 0 Å². The summed E-state index contributed by atoms with van der Waals surface area (Å²) in [4.78, 5) is 12.3. The summed E-state index contributed by atoms with van der Waals surface area (Å²) in [6.07, 6.45) is -3.80. The Morgan fingerprint density at radius 3 is 2.54 bits per heavy atom. The molecule has 1 N–H and O–H groups in total. The zero-order valence-corrected chi connectivity index (χ0v) is 13.8. The van der Waals surface area contributed by atoms with Gasteiger partial charge in [-0.15, -0.1) is 0 Å². The van der Waals surface area contributed by atoms with Gasteiger partial charge in [-0.25, -0.2) is 0 Å². The molecule has 2 aromatic rings. The molecule has 0 saturated heterocycles. The first-order chi connectivity index (χ1) is 11.3. The third-order valence-electron chi connectivity index (χ3n) is 3.43. The molecule has 0 atom stereocenters. The van der Waals surface area contributed by atoms with E-state index >= 15 is 0 Å². The molecule has 7 heteroatoms. The summed E-state index contributed by atoms with van der Waals surface area (Å²) in [5, 5.41) is 2.77. The predicted molar refractivity (Wildman–Crippen MR) is 86.8 cm³/mol. The van der Waals surface area contributed by atoms with E-state index in [4.69, 9.17) is 16.3 Å². The molecule has 128 valence electrons. The highest BCUT2D eigenvalue weighted by Gasteiger charge is 2.31. The van der Waals surface area contributed by atoms with Crippen molar-refractivity contribution in [1.29, 1.82) is 0 Å². The first-order valence-corrected chi connectivity index (χ1v) is 7.49. The normalized spacial score (nSPS) is 11.2. The average molecular weight is 358 g/mol. The number of halogens is 4. The van der Waals surface area contributed by atoms with E-state index in [-0.39, 0.29) is 16.3 Å². The van der Waals surface area contributed by atoms with Crippen molar-refractivity contribution >= 4 is 23.2 Å². The number of nitrogens with one attached hydrogen (secondary N) is 1. The zero-order valence-electron chi connectivity index (χ0n) is 13.0. The second-order valence-electron chi connectivity index (χ2n) is 5.04. The SMILES string of the molecule is CCc1cc(Cl)c(NC(=O)c2cccc(C(F)(F)F)c2)c(OC)c1. The van der Waals surface area contributed by atoms with E-state index in [0.29, 0.717) is 5.75 Å². The monoisotopic (exact) mass is 357 g/mol. The summed E-state index contributed by atoms with van der Waals surface area (Å²) in [5.41, 5.74) is 0.116. The molecule has 0 unspecified atom stereocenters. The van der Waals surface area contributed by atoms with Gasteiger partial charge in [0.25, 0.3) is 5.91 Å². The number of anilines is 1. The number of alkyl halides is 3. The van der Waals surface area contributed by atoms with E-state index in [1.54, 1.807) is 12.1 Å². The Hall–Kier alpha value is -2.21. The summed E-state index contributed by atoms with van der Waals surface area (Å²) < 4.78 is 43.5. The number of benzene rings is 2. The Morgan fingerprint density at radius 1 is 1.25 bits per heavy atom. The molecule has 24 heavy (non-hydrogen) atoms. The quantitative estimate of drug-likeness (QED) is 0.818. The van der Waals surface area contributed by atoms with Gasteiger partial charge in [0.05, 0.1) is 17.7 Å². The van der Waals surface area contributed by atoms with E-state index in [1.165, 1.54) is 19.2 Å². The van der Waals surface area contributed by atoms with Gasteiger partial charge < -0.3 is 10.1 Å². The number of hydrogen-bond donors (Lipinski definition) is 1. The summed E-state index contributed by atoms with van der Waals surface area (Å²) in [6, 6.07) is 7.55. The van der Waals surface area contributed by atoms with Crippen LogP contribution in [-0.2, 0) is 12.6 Å². The molecule has 0 aliphatic carbocycles. The van der Waals surface area contributed by atoms with Crippen molar-refractivity contribution in [1.82, 2.24) is 0 Å². The van der Waals surface area contributed by atoms with Crippen molar-refractivity contribution in [2.75, 3.05) is 12.4 Å². The smallest absolute Gasteiger partial charge is 0.416 e. The van der Waals surface area contributed by atoms with Crippen molar-refractivity contribution in [2.24, 2.45) is 0 Å². The number of hydrogen-bond acceptors (Lipinski definition) is 2. The van der Waals surface area contributed by atoms with Crippen LogP contribution in [-0.4, -0.2) is 13.0 Å². The van der Waals surface area contributed by atoms with E-state index < -0.39 is 17.6 Å². The molecule has 2 aromatic carbocycles. The Kier molecular flexibility index (Phi) is 5.39. The molecule has 3 nitrogen and oxygen atoms in total. The lowest BCUT2D eigenvalue weighted by molar-refractivity contribution is -0.137. The number of aryl methyl sites for hydroxylation is 1. The van der Waals surface area contributed by atoms with E-state index in [0.717, 1.165) is 24.1 Å². The summed E-state index contributed by atoms with van der Waals surface area (Å²) >= 11 is 6.15. The van der Waals surface area contributed by atoms with Crippen molar-refractivity contribution in [2.45, 2.75) is 19.5 Å².